The van der Waals surface area contributed by atoms with Crippen LogP contribution in [0, 0.1) is 6.92 Å². The minimum Gasteiger partial charge on any atom is -0.477 e. The second-order valence-electron chi connectivity index (χ2n) is 4.77. The lowest BCUT2D eigenvalue weighted by atomic mass is 9.91. The van der Waals surface area contributed by atoms with Crippen molar-refractivity contribution in [3.8, 4) is 0 Å². The molecule has 20 heavy (non-hydrogen) atoms. The van der Waals surface area contributed by atoms with Crippen molar-refractivity contribution in [3.63, 3.8) is 0 Å². The first kappa shape index (κ1) is 13.6. The van der Waals surface area contributed by atoms with Crippen LogP contribution >= 0.6 is 27.3 Å². The molecule has 1 atom stereocenters. The van der Waals surface area contributed by atoms with E-state index in [1.165, 1.54) is 16.9 Å². The fourth-order valence-electron chi connectivity index (χ4n) is 2.51. The van der Waals surface area contributed by atoms with E-state index in [4.69, 9.17) is 5.11 Å². The van der Waals surface area contributed by atoms with E-state index in [9.17, 15) is 4.79 Å². The van der Waals surface area contributed by atoms with Crippen LogP contribution in [0.3, 0.4) is 0 Å². The summed E-state index contributed by atoms with van der Waals surface area (Å²) >= 11 is 4.76. The molecule has 3 rings (SSSR count). The predicted molar refractivity (Wildman–Crippen MR) is 82.9 cm³/mol. The number of thiazole rings is 1. The third-order valence-electron chi connectivity index (χ3n) is 3.44. The van der Waals surface area contributed by atoms with Crippen LogP contribution in [0.2, 0.25) is 0 Å². The van der Waals surface area contributed by atoms with Gasteiger partial charge < -0.3 is 10.4 Å². The van der Waals surface area contributed by atoms with Crippen molar-refractivity contribution >= 4 is 38.9 Å². The van der Waals surface area contributed by atoms with Gasteiger partial charge in [-0.2, -0.15) is 0 Å². The highest BCUT2D eigenvalue weighted by molar-refractivity contribution is 9.10. The summed E-state index contributed by atoms with van der Waals surface area (Å²) in [6, 6.07) is 6.14. The lowest BCUT2D eigenvalue weighted by Gasteiger charge is -2.25. The van der Waals surface area contributed by atoms with Gasteiger partial charge in [-0.05, 0) is 31.0 Å². The Labute approximate surface area is 129 Å². The van der Waals surface area contributed by atoms with Gasteiger partial charge in [0, 0.05) is 22.6 Å². The molecule has 1 aliphatic rings. The number of rotatable bonds is 2. The normalized spacial score (nSPS) is 17.4. The molecule has 0 amide bonds. The number of halogens is 1. The molecule has 0 saturated heterocycles. The topological polar surface area (TPSA) is 62.2 Å². The van der Waals surface area contributed by atoms with Gasteiger partial charge in [0.25, 0.3) is 0 Å². The van der Waals surface area contributed by atoms with Crippen LogP contribution in [0.15, 0.2) is 22.7 Å². The van der Waals surface area contributed by atoms with Gasteiger partial charge in [-0.3, -0.25) is 0 Å². The second kappa shape index (κ2) is 5.18. The Hall–Kier alpha value is -1.40. The van der Waals surface area contributed by atoms with Gasteiger partial charge in [0.1, 0.15) is 9.88 Å². The van der Waals surface area contributed by atoms with Crippen molar-refractivity contribution in [2.45, 2.75) is 19.3 Å². The highest BCUT2D eigenvalue weighted by Gasteiger charge is 2.26. The van der Waals surface area contributed by atoms with Gasteiger partial charge in [0.05, 0.1) is 5.69 Å². The van der Waals surface area contributed by atoms with Crippen LogP contribution in [0.25, 0.3) is 0 Å². The van der Waals surface area contributed by atoms with Crippen molar-refractivity contribution in [3.05, 3.63) is 43.8 Å². The SMILES string of the molecule is Cc1nc(C2CCNc3cc(Br)ccc32)sc1C(=O)O. The Kier molecular flexibility index (Phi) is 3.52. The summed E-state index contributed by atoms with van der Waals surface area (Å²) in [5, 5.41) is 13.4. The molecule has 1 aliphatic heterocycles. The molecular weight excluding hydrogens is 340 g/mol. The first-order valence-electron chi connectivity index (χ1n) is 6.30. The Morgan fingerprint density at radius 1 is 1.55 bits per heavy atom. The van der Waals surface area contributed by atoms with Gasteiger partial charge in [0.2, 0.25) is 0 Å². The monoisotopic (exact) mass is 352 g/mol. The fourth-order valence-corrected chi connectivity index (χ4v) is 3.93. The summed E-state index contributed by atoms with van der Waals surface area (Å²) in [7, 11) is 0. The minimum absolute atomic E-state index is 0.177. The number of aromatic nitrogens is 1. The predicted octanol–water partition coefficient (Wildman–Crippen LogP) is 3.86. The second-order valence-corrected chi connectivity index (χ2v) is 6.72. The first-order valence-corrected chi connectivity index (χ1v) is 7.91. The number of carbonyl (C=O) groups is 1. The molecule has 0 aliphatic carbocycles. The Bertz CT molecular complexity index is 684. The molecule has 1 aromatic carbocycles. The van der Waals surface area contributed by atoms with Gasteiger partial charge in [-0.1, -0.05) is 22.0 Å². The lowest BCUT2D eigenvalue weighted by molar-refractivity contribution is 0.0701. The van der Waals surface area contributed by atoms with Gasteiger partial charge in [-0.25, -0.2) is 9.78 Å². The number of aromatic carboxylic acids is 1. The molecule has 0 radical (unpaired) electrons. The van der Waals surface area contributed by atoms with E-state index in [-0.39, 0.29) is 5.92 Å². The Morgan fingerprint density at radius 2 is 2.35 bits per heavy atom. The molecule has 2 N–H and O–H groups in total. The molecule has 1 aromatic heterocycles. The summed E-state index contributed by atoms with van der Waals surface area (Å²) in [6.45, 7) is 2.63. The molecule has 0 fully saturated rings. The zero-order valence-electron chi connectivity index (χ0n) is 10.8. The summed E-state index contributed by atoms with van der Waals surface area (Å²) < 4.78 is 1.03. The summed E-state index contributed by atoms with van der Waals surface area (Å²) in [5.74, 6) is -0.715. The zero-order valence-corrected chi connectivity index (χ0v) is 13.2. The van der Waals surface area contributed by atoms with Crippen LogP contribution in [0.1, 0.15) is 38.3 Å². The maximum atomic E-state index is 11.2. The van der Waals surface area contributed by atoms with Crippen molar-refractivity contribution in [2.75, 3.05) is 11.9 Å². The number of benzene rings is 1. The van der Waals surface area contributed by atoms with Crippen LogP contribution < -0.4 is 5.32 Å². The maximum Gasteiger partial charge on any atom is 0.347 e. The summed E-state index contributed by atoms with van der Waals surface area (Å²) in [4.78, 5) is 16.0. The summed E-state index contributed by atoms with van der Waals surface area (Å²) in [6.07, 6.45) is 0.931. The Balaban J connectivity index is 2.04. The maximum absolute atomic E-state index is 11.2. The molecule has 2 aromatic rings. The molecule has 2 heterocycles. The van der Waals surface area contributed by atoms with Crippen LogP contribution in [0.5, 0.6) is 0 Å². The van der Waals surface area contributed by atoms with Crippen LogP contribution in [0.4, 0.5) is 5.69 Å². The average molecular weight is 353 g/mol. The minimum atomic E-state index is -0.892. The number of fused-ring (bicyclic) bond motifs is 1. The number of aryl methyl sites for hydroxylation is 1. The number of nitrogens with one attached hydrogen (secondary N) is 1. The third kappa shape index (κ3) is 2.33. The van der Waals surface area contributed by atoms with Gasteiger partial charge in [-0.15, -0.1) is 11.3 Å². The quantitative estimate of drug-likeness (QED) is 0.861. The third-order valence-corrected chi connectivity index (χ3v) is 5.20. The summed E-state index contributed by atoms with van der Waals surface area (Å²) in [5.41, 5.74) is 2.89. The van der Waals surface area contributed by atoms with Crippen LogP contribution in [-0.4, -0.2) is 22.6 Å². The van der Waals surface area contributed by atoms with Gasteiger partial charge >= 0.3 is 5.97 Å². The molecule has 0 saturated carbocycles. The van der Waals surface area contributed by atoms with Crippen LogP contribution in [-0.2, 0) is 0 Å². The number of carboxylic acids is 1. The average Bonchev–Trinajstić information content (AvgIpc) is 2.79. The van der Waals surface area contributed by atoms with Crippen molar-refractivity contribution in [1.82, 2.24) is 4.98 Å². The van der Waals surface area contributed by atoms with E-state index in [2.05, 4.69) is 38.4 Å². The molecule has 0 bridgehead atoms. The van der Waals surface area contributed by atoms with Crippen molar-refractivity contribution in [2.24, 2.45) is 0 Å². The number of anilines is 1. The number of carboxylic acid groups (broad SMARTS) is 1. The fraction of sp³-hybridized carbons (Fsp3) is 0.286. The van der Waals surface area contributed by atoms with Gasteiger partial charge in [0.15, 0.2) is 0 Å². The number of nitrogens with zero attached hydrogens (tertiary/aromatic N) is 1. The molecule has 1 unspecified atom stereocenters. The van der Waals surface area contributed by atoms with Crippen molar-refractivity contribution < 1.29 is 9.90 Å². The van der Waals surface area contributed by atoms with E-state index in [1.807, 2.05) is 6.07 Å². The van der Waals surface area contributed by atoms with E-state index < -0.39 is 5.97 Å². The Morgan fingerprint density at radius 3 is 3.05 bits per heavy atom. The smallest absolute Gasteiger partial charge is 0.347 e. The van der Waals surface area contributed by atoms with E-state index in [0.29, 0.717) is 10.6 Å². The van der Waals surface area contributed by atoms with E-state index in [0.717, 1.165) is 28.1 Å². The van der Waals surface area contributed by atoms with E-state index in [1.54, 1.807) is 6.92 Å². The molecule has 6 heteroatoms. The largest absolute Gasteiger partial charge is 0.477 e. The van der Waals surface area contributed by atoms with E-state index >= 15 is 0 Å². The standard InChI is InChI=1S/C14H13BrN2O2S/c1-7-12(14(18)19)20-13(17-7)10-4-5-16-11-6-8(15)2-3-9(10)11/h2-3,6,10,16H,4-5H2,1H3,(H,18,19). The highest BCUT2D eigenvalue weighted by atomic mass is 79.9. The number of hydrogen-bond donors (Lipinski definition) is 2. The zero-order chi connectivity index (χ0) is 14.3. The molecular formula is C14H13BrN2O2S. The molecule has 4 nitrogen and oxygen atoms in total. The molecule has 0 spiro atoms. The molecule has 104 valence electrons. The highest BCUT2D eigenvalue weighted by Crippen LogP contribution is 2.39. The number of hydrogen-bond acceptors (Lipinski definition) is 4. The van der Waals surface area contributed by atoms with Crippen molar-refractivity contribution in [1.29, 1.82) is 0 Å². The lowest BCUT2D eigenvalue weighted by Crippen LogP contribution is -2.17. The first-order chi connectivity index (χ1) is 9.56.